The lowest BCUT2D eigenvalue weighted by atomic mass is 10.1. The Labute approximate surface area is 140 Å². The van der Waals surface area contributed by atoms with E-state index in [4.69, 9.17) is 9.47 Å². The second-order valence-corrected chi connectivity index (χ2v) is 5.00. The first-order valence-corrected chi connectivity index (χ1v) is 7.46. The van der Waals surface area contributed by atoms with Crippen LogP contribution in [0.15, 0.2) is 47.6 Å². The maximum absolute atomic E-state index is 12.3. The normalized spacial score (nSPS) is 11.0. The standard InChI is InChI=1S/C18H20N2O4/c1-4-17(12-5-7-14(21)8-6-12)19-20-18(22)13-9-15(23-2)11-16(10-13)24-3/h5-11,21H,4H2,1-3H3,(H,20,22)/b19-17+. The Bertz CT molecular complexity index is 717. The molecule has 0 aliphatic rings. The first-order valence-electron chi connectivity index (χ1n) is 7.46. The number of carbonyl (C=O) groups is 1. The summed E-state index contributed by atoms with van der Waals surface area (Å²) in [6, 6.07) is 11.6. The molecule has 0 radical (unpaired) electrons. The molecule has 126 valence electrons. The fourth-order valence-electron chi connectivity index (χ4n) is 2.12. The lowest BCUT2D eigenvalue weighted by molar-refractivity contribution is 0.0954. The minimum Gasteiger partial charge on any atom is -0.508 e. The summed E-state index contributed by atoms with van der Waals surface area (Å²) in [5.74, 6) is 0.870. The van der Waals surface area contributed by atoms with E-state index in [-0.39, 0.29) is 11.7 Å². The number of nitrogens with zero attached hydrogens (tertiary/aromatic N) is 1. The van der Waals surface area contributed by atoms with Crippen molar-refractivity contribution < 1.29 is 19.4 Å². The van der Waals surface area contributed by atoms with Gasteiger partial charge in [-0.25, -0.2) is 5.43 Å². The second-order valence-electron chi connectivity index (χ2n) is 5.00. The van der Waals surface area contributed by atoms with E-state index in [1.807, 2.05) is 6.92 Å². The van der Waals surface area contributed by atoms with Crippen LogP contribution in [0.3, 0.4) is 0 Å². The first-order chi connectivity index (χ1) is 11.6. The van der Waals surface area contributed by atoms with Gasteiger partial charge < -0.3 is 14.6 Å². The summed E-state index contributed by atoms with van der Waals surface area (Å²) in [5, 5.41) is 13.5. The van der Waals surface area contributed by atoms with E-state index in [9.17, 15) is 9.90 Å². The van der Waals surface area contributed by atoms with Crippen LogP contribution >= 0.6 is 0 Å². The van der Waals surface area contributed by atoms with Crippen molar-refractivity contribution in [2.75, 3.05) is 14.2 Å². The van der Waals surface area contributed by atoms with Gasteiger partial charge in [-0.3, -0.25) is 4.79 Å². The van der Waals surface area contributed by atoms with Gasteiger partial charge in [-0.1, -0.05) is 6.92 Å². The van der Waals surface area contributed by atoms with Gasteiger partial charge >= 0.3 is 0 Å². The largest absolute Gasteiger partial charge is 0.508 e. The zero-order valence-corrected chi connectivity index (χ0v) is 13.9. The molecule has 0 aliphatic carbocycles. The van der Waals surface area contributed by atoms with Crippen LogP contribution in [0.1, 0.15) is 29.3 Å². The number of phenols is 1. The number of hydrogen-bond donors (Lipinski definition) is 2. The van der Waals surface area contributed by atoms with E-state index in [1.54, 1.807) is 42.5 Å². The smallest absolute Gasteiger partial charge is 0.271 e. The quantitative estimate of drug-likeness (QED) is 0.631. The SMILES string of the molecule is CC/C(=N\NC(=O)c1cc(OC)cc(OC)c1)c1ccc(O)cc1. The Hall–Kier alpha value is -3.02. The Morgan fingerprint density at radius 2 is 1.62 bits per heavy atom. The van der Waals surface area contributed by atoms with E-state index in [2.05, 4.69) is 10.5 Å². The van der Waals surface area contributed by atoms with E-state index in [1.165, 1.54) is 14.2 Å². The molecule has 2 rings (SSSR count). The van der Waals surface area contributed by atoms with Crippen LogP contribution in [0.5, 0.6) is 17.2 Å². The van der Waals surface area contributed by atoms with E-state index >= 15 is 0 Å². The van der Waals surface area contributed by atoms with Crippen LogP contribution in [0, 0.1) is 0 Å². The van der Waals surface area contributed by atoms with Crippen molar-refractivity contribution in [2.45, 2.75) is 13.3 Å². The minimum atomic E-state index is -0.364. The molecule has 2 aromatic carbocycles. The molecule has 2 aromatic rings. The maximum Gasteiger partial charge on any atom is 0.271 e. The Morgan fingerprint density at radius 1 is 1.04 bits per heavy atom. The van der Waals surface area contributed by atoms with Crippen molar-refractivity contribution in [3.05, 3.63) is 53.6 Å². The number of aromatic hydroxyl groups is 1. The van der Waals surface area contributed by atoms with Crippen LogP contribution in [-0.2, 0) is 0 Å². The van der Waals surface area contributed by atoms with Crippen molar-refractivity contribution in [3.8, 4) is 17.2 Å². The van der Waals surface area contributed by atoms with E-state index in [0.717, 1.165) is 5.56 Å². The molecular weight excluding hydrogens is 308 g/mol. The lowest BCUT2D eigenvalue weighted by Gasteiger charge is -2.08. The summed E-state index contributed by atoms with van der Waals surface area (Å²) in [6.45, 7) is 1.94. The molecule has 0 saturated carbocycles. The number of ether oxygens (including phenoxy) is 2. The highest BCUT2D eigenvalue weighted by Gasteiger charge is 2.10. The molecular formula is C18H20N2O4. The summed E-state index contributed by atoms with van der Waals surface area (Å²) in [4.78, 5) is 12.3. The summed E-state index contributed by atoms with van der Waals surface area (Å²) >= 11 is 0. The number of rotatable bonds is 6. The molecule has 6 heteroatoms. The van der Waals surface area contributed by atoms with E-state index in [0.29, 0.717) is 29.2 Å². The van der Waals surface area contributed by atoms with Gasteiger partial charge in [-0.05, 0) is 48.4 Å². The zero-order valence-electron chi connectivity index (χ0n) is 13.9. The van der Waals surface area contributed by atoms with Crippen LogP contribution in [0.25, 0.3) is 0 Å². The highest BCUT2D eigenvalue weighted by molar-refractivity contribution is 6.02. The number of benzene rings is 2. The summed E-state index contributed by atoms with van der Waals surface area (Å²) in [5.41, 5.74) is 4.47. The monoisotopic (exact) mass is 328 g/mol. The molecule has 0 aromatic heterocycles. The highest BCUT2D eigenvalue weighted by atomic mass is 16.5. The molecule has 0 atom stereocenters. The van der Waals surface area contributed by atoms with Crippen LogP contribution in [-0.4, -0.2) is 30.9 Å². The van der Waals surface area contributed by atoms with Crippen molar-refractivity contribution in [1.82, 2.24) is 5.43 Å². The molecule has 0 bridgehead atoms. The molecule has 2 N–H and O–H groups in total. The number of methoxy groups -OCH3 is 2. The van der Waals surface area contributed by atoms with Gasteiger partial charge in [0.2, 0.25) is 0 Å². The predicted molar refractivity (Wildman–Crippen MR) is 91.9 cm³/mol. The van der Waals surface area contributed by atoms with Crippen molar-refractivity contribution in [2.24, 2.45) is 5.10 Å². The van der Waals surface area contributed by atoms with Gasteiger partial charge in [0.25, 0.3) is 5.91 Å². The van der Waals surface area contributed by atoms with Crippen molar-refractivity contribution in [1.29, 1.82) is 0 Å². The van der Waals surface area contributed by atoms with Crippen LogP contribution in [0.4, 0.5) is 0 Å². The third kappa shape index (κ3) is 4.25. The van der Waals surface area contributed by atoms with Gasteiger partial charge in [0.05, 0.1) is 19.9 Å². The molecule has 6 nitrogen and oxygen atoms in total. The number of amides is 1. The van der Waals surface area contributed by atoms with Gasteiger partial charge in [-0.2, -0.15) is 5.10 Å². The third-order valence-corrected chi connectivity index (χ3v) is 3.44. The van der Waals surface area contributed by atoms with Crippen molar-refractivity contribution >= 4 is 11.6 Å². The molecule has 1 amide bonds. The highest BCUT2D eigenvalue weighted by Crippen LogP contribution is 2.22. The van der Waals surface area contributed by atoms with E-state index < -0.39 is 0 Å². The Morgan fingerprint density at radius 3 is 2.12 bits per heavy atom. The average Bonchev–Trinajstić information content (AvgIpc) is 2.62. The topological polar surface area (TPSA) is 80.2 Å². The summed E-state index contributed by atoms with van der Waals surface area (Å²) in [7, 11) is 3.04. The fourth-order valence-corrected chi connectivity index (χ4v) is 2.12. The fraction of sp³-hybridized carbons (Fsp3) is 0.222. The van der Waals surface area contributed by atoms with Gasteiger partial charge in [0.1, 0.15) is 17.2 Å². The summed E-state index contributed by atoms with van der Waals surface area (Å²) < 4.78 is 10.3. The number of carbonyl (C=O) groups excluding carboxylic acids is 1. The Balaban J connectivity index is 2.20. The predicted octanol–water partition coefficient (Wildman–Crippen LogP) is 2.95. The molecule has 0 fully saturated rings. The molecule has 24 heavy (non-hydrogen) atoms. The van der Waals surface area contributed by atoms with Crippen molar-refractivity contribution in [3.63, 3.8) is 0 Å². The molecule has 0 saturated heterocycles. The van der Waals surface area contributed by atoms with Gasteiger partial charge in [0.15, 0.2) is 0 Å². The molecule has 0 heterocycles. The van der Waals surface area contributed by atoms with Gasteiger partial charge in [0, 0.05) is 11.6 Å². The third-order valence-electron chi connectivity index (χ3n) is 3.44. The molecule has 0 spiro atoms. The second kappa shape index (κ2) is 8.01. The number of phenolic OH excluding ortho intramolecular Hbond substituents is 1. The first kappa shape index (κ1) is 17.3. The van der Waals surface area contributed by atoms with Crippen LogP contribution < -0.4 is 14.9 Å². The molecule has 0 unspecified atom stereocenters. The minimum absolute atomic E-state index is 0.182. The summed E-state index contributed by atoms with van der Waals surface area (Å²) in [6.07, 6.45) is 0.631. The Kier molecular flexibility index (Phi) is 5.78. The zero-order chi connectivity index (χ0) is 17.5. The van der Waals surface area contributed by atoms with Crippen LogP contribution in [0.2, 0.25) is 0 Å². The van der Waals surface area contributed by atoms with Gasteiger partial charge in [-0.15, -0.1) is 0 Å². The average molecular weight is 328 g/mol. The maximum atomic E-state index is 12.3. The number of hydrazone groups is 1. The molecule has 0 aliphatic heterocycles. The number of nitrogens with one attached hydrogen (secondary N) is 1. The number of hydrogen-bond acceptors (Lipinski definition) is 5. The lowest BCUT2D eigenvalue weighted by Crippen LogP contribution is -2.20.